The molecule has 0 bridgehead atoms. The van der Waals surface area contributed by atoms with Crippen molar-refractivity contribution in [3.05, 3.63) is 95.6 Å². The molecule has 0 fully saturated rings. The molecule has 3 rings (SSSR count). The fourth-order valence-corrected chi connectivity index (χ4v) is 2.61. The second-order valence-corrected chi connectivity index (χ2v) is 5.79. The van der Waals surface area contributed by atoms with Crippen molar-refractivity contribution in [1.82, 2.24) is 0 Å². The van der Waals surface area contributed by atoms with Crippen molar-refractivity contribution in [2.24, 2.45) is 0 Å². The van der Waals surface area contributed by atoms with Crippen molar-refractivity contribution in [3.8, 4) is 11.5 Å². The summed E-state index contributed by atoms with van der Waals surface area (Å²) in [6.45, 7) is 0. The monoisotopic (exact) mass is 350 g/mol. The topological polar surface area (TPSA) is 87.0 Å². The van der Waals surface area contributed by atoms with E-state index >= 15 is 0 Å². The van der Waals surface area contributed by atoms with Gasteiger partial charge in [0.25, 0.3) is 0 Å². The minimum Gasteiger partial charge on any atom is -0.504 e. The molecule has 0 spiro atoms. The summed E-state index contributed by atoms with van der Waals surface area (Å²) in [5, 5.41) is 29.2. The van der Waals surface area contributed by atoms with Gasteiger partial charge in [0.2, 0.25) is 0 Å². The molecule has 3 aromatic carbocycles. The summed E-state index contributed by atoms with van der Waals surface area (Å²) in [6.07, 6.45) is -2.26. The number of esters is 1. The fraction of sp³-hybridized carbons (Fsp3) is 0.0952. The molecule has 3 N–H and O–H groups in total. The third kappa shape index (κ3) is 3.84. The lowest BCUT2D eigenvalue weighted by Crippen LogP contribution is -2.19. The van der Waals surface area contributed by atoms with E-state index in [1.807, 2.05) is 60.7 Å². The molecule has 0 radical (unpaired) electrons. The van der Waals surface area contributed by atoms with Gasteiger partial charge in [-0.2, -0.15) is 0 Å². The molecule has 26 heavy (non-hydrogen) atoms. The average molecular weight is 350 g/mol. The summed E-state index contributed by atoms with van der Waals surface area (Å²) in [5.41, 5.74) is 1.67. The van der Waals surface area contributed by atoms with E-state index in [0.29, 0.717) is 0 Å². The molecule has 0 aromatic heterocycles. The van der Waals surface area contributed by atoms with Gasteiger partial charge in [0, 0.05) is 0 Å². The summed E-state index contributed by atoms with van der Waals surface area (Å²) in [5.74, 6) is -1.61. The van der Waals surface area contributed by atoms with E-state index in [1.54, 1.807) is 0 Å². The Morgan fingerprint density at radius 3 is 1.77 bits per heavy atom. The molecular formula is C21H18O5. The molecule has 5 nitrogen and oxygen atoms in total. The number of benzene rings is 3. The summed E-state index contributed by atoms with van der Waals surface area (Å²) < 4.78 is 5.58. The van der Waals surface area contributed by atoms with Crippen LogP contribution in [-0.4, -0.2) is 21.3 Å². The van der Waals surface area contributed by atoms with Crippen molar-refractivity contribution in [1.29, 1.82) is 0 Å². The molecule has 1 unspecified atom stereocenters. The van der Waals surface area contributed by atoms with Crippen LogP contribution in [0.3, 0.4) is 0 Å². The van der Waals surface area contributed by atoms with Crippen LogP contribution in [0.25, 0.3) is 0 Å². The molecule has 0 aliphatic rings. The molecule has 0 aliphatic carbocycles. The van der Waals surface area contributed by atoms with E-state index in [0.717, 1.165) is 17.2 Å². The Labute approximate surface area is 150 Å². The van der Waals surface area contributed by atoms with E-state index in [-0.39, 0.29) is 11.3 Å². The van der Waals surface area contributed by atoms with E-state index < -0.39 is 23.9 Å². The highest BCUT2D eigenvalue weighted by atomic mass is 16.6. The molecule has 0 saturated carbocycles. The maximum atomic E-state index is 12.5. The predicted octanol–water partition coefficient (Wildman–Crippen LogP) is 3.46. The molecule has 0 aliphatic heterocycles. The van der Waals surface area contributed by atoms with Gasteiger partial charge in [0.05, 0.1) is 0 Å². The highest BCUT2D eigenvalue weighted by Gasteiger charge is 2.25. The third-order valence-corrected chi connectivity index (χ3v) is 3.98. The quantitative estimate of drug-likeness (QED) is 0.484. The molecule has 3 aromatic rings. The third-order valence-electron chi connectivity index (χ3n) is 3.98. The van der Waals surface area contributed by atoms with Gasteiger partial charge in [-0.25, -0.2) is 4.79 Å². The van der Waals surface area contributed by atoms with Crippen molar-refractivity contribution >= 4 is 5.97 Å². The van der Waals surface area contributed by atoms with Gasteiger partial charge >= 0.3 is 5.97 Å². The van der Waals surface area contributed by atoms with Crippen LogP contribution < -0.4 is 0 Å². The normalized spacial score (nSPS) is 11.9. The predicted molar refractivity (Wildman–Crippen MR) is 95.6 cm³/mol. The van der Waals surface area contributed by atoms with Crippen LogP contribution in [0, 0.1) is 0 Å². The standard InChI is InChI=1S/C21H18O5/c22-17-12-11-16(13-18(17)23)19(24)21(25)26-20(14-7-3-1-4-8-14)15-9-5-2-6-10-15/h1-13,19-20,22-24H. The molecule has 0 amide bonds. The first-order valence-corrected chi connectivity index (χ1v) is 8.06. The molecular weight excluding hydrogens is 332 g/mol. The van der Waals surface area contributed by atoms with Crippen molar-refractivity contribution in [3.63, 3.8) is 0 Å². The summed E-state index contributed by atoms with van der Waals surface area (Å²) in [6, 6.07) is 22.1. The molecule has 5 heteroatoms. The number of phenolic OH excluding ortho intramolecular Hbond substituents is 2. The zero-order chi connectivity index (χ0) is 18.5. The Bertz CT molecular complexity index is 838. The van der Waals surface area contributed by atoms with E-state index in [9.17, 15) is 20.1 Å². The first-order chi connectivity index (χ1) is 12.6. The lowest BCUT2D eigenvalue weighted by atomic mass is 10.0. The van der Waals surface area contributed by atoms with Gasteiger partial charge in [-0.15, -0.1) is 0 Å². The van der Waals surface area contributed by atoms with Crippen molar-refractivity contribution in [2.45, 2.75) is 12.2 Å². The zero-order valence-corrected chi connectivity index (χ0v) is 13.8. The molecule has 1 atom stereocenters. The maximum absolute atomic E-state index is 12.5. The smallest absolute Gasteiger partial charge is 0.340 e. The Morgan fingerprint density at radius 1 is 0.731 bits per heavy atom. The number of rotatable bonds is 5. The van der Waals surface area contributed by atoms with Crippen molar-refractivity contribution in [2.75, 3.05) is 0 Å². The maximum Gasteiger partial charge on any atom is 0.340 e. The zero-order valence-electron chi connectivity index (χ0n) is 13.8. The Hall–Kier alpha value is -3.31. The van der Waals surface area contributed by atoms with Crippen LogP contribution >= 0.6 is 0 Å². The number of aliphatic hydroxyl groups is 1. The summed E-state index contributed by atoms with van der Waals surface area (Å²) >= 11 is 0. The minimum absolute atomic E-state index is 0.130. The van der Waals surface area contributed by atoms with E-state index in [2.05, 4.69) is 0 Å². The highest BCUT2D eigenvalue weighted by molar-refractivity contribution is 5.77. The van der Waals surface area contributed by atoms with Gasteiger partial charge in [0.1, 0.15) is 0 Å². The van der Waals surface area contributed by atoms with Crippen LogP contribution in [0.2, 0.25) is 0 Å². The minimum atomic E-state index is -1.59. The number of hydrogen-bond acceptors (Lipinski definition) is 5. The van der Waals surface area contributed by atoms with Gasteiger partial charge in [-0.3, -0.25) is 0 Å². The van der Waals surface area contributed by atoms with Gasteiger partial charge < -0.3 is 20.1 Å². The number of carbonyl (C=O) groups is 1. The average Bonchev–Trinajstić information content (AvgIpc) is 2.69. The second-order valence-electron chi connectivity index (χ2n) is 5.79. The number of hydrogen-bond donors (Lipinski definition) is 3. The molecule has 132 valence electrons. The highest BCUT2D eigenvalue weighted by Crippen LogP contribution is 2.31. The van der Waals surface area contributed by atoms with Gasteiger partial charge in [-0.05, 0) is 28.8 Å². The fourth-order valence-electron chi connectivity index (χ4n) is 2.61. The number of ether oxygens (including phenoxy) is 1. The Kier molecular flexibility index (Phi) is 5.20. The number of carbonyl (C=O) groups excluding carboxylic acids is 1. The Morgan fingerprint density at radius 2 is 1.27 bits per heavy atom. The van der Waals surface area contributed by atoms with E-state index in [1.165, 1.54) is 12.1 Å². The van der Waals surface area contributed by atoms with E-state index in [4.69, 9.17) is 4.74 Å². The van der Waals surface area contributed by atoms with Crippen LogP contribution in [-0.2, 0) is 9.53 Å². The van der Waals surface area contributed by atoms with Crippen LogP contribution in [0.4, 0.5) is 0 Å². The first-order valence-electron chi connectivity index (χ1n) is 8.06. The van der Waals surface area contributed by atoms with Crippen LogP contribution in [0.1, 0.15) is 28.9 Å². The largest absolute Gasteiger partial charge is 0.504 e. The number of aromatic hydroxyl groups is 2. The Balaban J connectivity index is 1.86. The summed E-state index contributed by atoms with van der Waals surface area (Å²) in [4.78, 5) is 12.5. The van der Waals surface area contributed by atoms with Crippen LogP contribution in [0.15, 0.2) is 78.9 Å². The lowest BCUT2D eigenvalue weighted by Gasteiger charge is -2.21. The lowest BCUT2D eigenvalue weighted by molar-refractivity contribution is -0.158. The SMILES string of the molecule is O=C(OC(c1ccccc1)c1ccccc1)C(O)c1ccc(O)c(O)c1. The number of phenols is 2. The van der Waals surface area contributed by atoms with Crippen LogP contribution in [0.5, 0.6) is 11.5 Å². The van der Waals surface area contributed by atoms with Crippen molar-refractivity contribution < 1.29 is 24.9 Å². The van der Waals surface area contributed by atoms with Gasteiger partial charge in [-0.1, -0.05) is 66.7 Å². The van der Waals surface area contributed by atoms with Gasteiger partial charge in [0.15, 0.2) is 23.7 Å². The molecule has 0 heterocycles. The summed E-state index contributed by atoms with van der Waals surface area (Å²) in [7, 11) is 0. The first kappa shape index (κ1) is 17.5. The number of aliphatic hydroxyl groups excluding tert-OH is 1. The molecule has 0 saturated heterocycles. The second kappa shape index (κ2) is 7.72.